The number of carbonyl (C=O) groups excluding carboxylic acids is 1. The van der Waals surface area contributed by atoms with E-state index in [2.05, 4.69) is 5.32 Å². The van der Waals surface area contributed by atoms with Crippen LogP contribution in [0.5, 0.6) is 0 Å². The van der Waals surface area contributed by atoms with Crippen LogP contribution in [0.15, 0.2) is 36.4 Å². The maximum atomic E-state index is 14.2. The highest BCUT2D eigenvalue weighted by Gasteiger charge is 2.30. The number of benzene rings is 2. The van der Waals surface area contributed by atoms with Gasteiger partial charge in [0, 0.05) is 6.08 Å². The summed E-state index contributed by atoms with van der Waals surface area (Å²) in [4.78, 5) is 12.3. The van der Waals surface area contributed by atoms with Gasteiger partial charge in [0.25, 0.3) is 0 Å². The van der Waals surface area contributed by atoms with Crippen LogP contribution in [0.2, 0.25) is 0 Å². The fourth-order valence-corrected chi connectivity index (χ4v) is 3.63. The van der Waals surface area contributed by atoms with Crippen molar-refractivity contribution in [2.75, 3.05) is 11.0 Å². The third kappa shape index (κ3) is 7.55. The molecule has 2 rings (SSSR count). The van der Waals surface area contributed by atoms with Gasteiger partial charge in [0.15, 0.2) is 11.6 Å². The van der Waals surface area contributed by atoms with Crippen molar-refractivity contribution in [3.8, 4) is 0 Å². The van der Waals surface area contributed by atoms with E-state index in [0.717, 1.165) is 36.6 Å². The molecule has 0 saturated carbocycles. The van der Waals surface area contributed by atoms with Crippen LogP contribution in [0, 0.1) is 11.6 Å². The number of rotatable bonds is 8. The number of hydrogen-bond donors (Lipinski definition) is 2. The molecular weight excluding hydrogens is 467 g/mol. The second-order valence-electron chi connectivity index (χ2n) is 7.46. The van der Waals surface area contributed by atoms with E-state index in [0.29, 0.717) is 24.0 Å². The van der Waals surface area contributed by atoms with Gasteiger partial charge in [-0.05, 0) is 60.4 Å². The second kappa shape index (κ2) is 10.3. The van der Waals surface area contributed by atoms with Crippen LogP contribution in [0.25, 0.3) is 6.08 Å². The quantitative estimate of drug-likeness (QED) is 0.395. The van der Waals surface area contributed by atoms with Gasteiger partial charge < -0.3 is 5.32 Å². The van der Waals surface area contributed by atoms with Crippen LogP contribution in [0.4, 0.5) is 27.6 Å². The molecule has 0 heterocycles. The van der Waals surface area contributed by atoms with Crippen molar-refractivity contribution in [1.29, 1.82) is 0 Å². The van der Waals surface area contributed by atoms with Crippen LogP contribution < -0.4 is 10.0 Å². The summed E-state index contributed by atoms with van der Waals surface area (Å²) in [6.45, 7) is 3.28. The monoisotopic (exact) mass is 490 g/mol. The Kier molecular flexibility index (Phi) is 8.23. The molecule has 2 aromatic rings. The number of aryl methyl sites for hydroxylation is 1. The van der Waals surface area contributed by atoms with E-state index in [1.54, 1.807) is 4.72 Å². The third-order valence-electron chi connectivity index (χ3n) is 4.61. The maximum absolute atomic E-state index is 14.2. The molecule has 2 N–H and O–H groups in total. The van der Waals surface area contributed by atoms with E-state index in [1.165, 1.54) is 19.1 Å². The van der Waals surface area contributed by atoms with Gasteiger partial charge in [0.05, 0.1) is 17.9 Å². The van der Waals surface area contributed by atoms with Crippen LogP contribution >= 0.6 is 0 Å². The smallest absolute Gasteiger partial charge is 0.346 e. The maximum Gasteiger partial charge on any atom is 0.416 e. The predicted octanol–water partition coefficient (Wildman–Crippen LogP) is 5.20. The van der Waals surface area contributed by atoms with Crippen molar-refractivity contribution in [1.82, 2.24) is 5.32 Å². The summed E-state index contributed by atoms with van der Waals surface area (Å²) in [5.74, 6) is -2.94. The van der Waals surface area contributed by atoms with Crippen LogP contribution in [0.3, 0.4) is 0 Å². The zero-order chi connectivity index (χ0) is 25.0. The Bertz CT molecular complexity index is 1140. The molecule has 1 atom stereocenters. The van der Waals surface area contributed by atoms with E-state index in [4.69, 9.17) is 0 Å². The summed E-state index contributed by atoms with van der Waals surface area (Å²) in [6.07, 6.45) is -0.259. The van der Waals surface area contributed by atoms with Crippen LogP contribution in [0.1, 0.15) is 48.6 Å². The van der Waals surface area contributed by atoms with Gasteiger partial charge in [-0.25, -0.2) is 17.2 Å². The number of carbonyl (C=O) groups is 1. The fraction of sp³-hybridized carbons (Fsp3) is 0.318. The first kappa shape index (κ1) is 26.3. The first-order chi connectivity index (χ1) is 15.2. The number of alkyl halides is 3. The number of sulfonamides is 1. The van der Waals surface area contributed by atoms with E-state index in [1.807, 2.05) is 6.92 Å². The molecule has 180 valence electrons. The standard InChI is InChI=1S/C22H23F5N2O3S/c1-4-5-15-10-17(22(25,26)27)8-6-14(15)7-9-20(30)28-13(2)16-11-18(23)21(19(24)12-16)29-33(3,31)32/h6-13,29H,4-5H2,1-3H3,(H,28,30)/t13-/m1/s1. The Morgan fingerprint density at radius 3 is 2.24 bits per heavy atom. The molecule has 0 aromatic heterocycles. The minimum absolute atomic E-state index is 0.0482. The van der Waals surface area contributed by atoms with Crippen LogP contribution in [-0.2, 0) is 27.4 Å². The van der Waals surface area contributed by atoms with Gasteiger partial charge >= 0.3 is 6.18 Å². The van der Waals surface area contributed by atoms with Crippen molar-refractivity contribution in [2.45, 2.75) is 38.9 Å². The fourth-order valence-electron chi connectivity index (χ4n) is 3.07. The first-order valence-corrected chi connectivity index (χ1v) is 11.8. The lowest BCUT2D eigenvalue weighted by Crippen LogP contribution is -2.25. The molecule has 0 bridgehead atoms. The Balaban J connectivity index is 2.18. The summed E-state index contributed by atoms with van der Waals surface area (Å²) in [5.41, 5.74) is -0.681. The summed E-state index contributed by atoms with van der Waals surface area (Å²) < 4.78 is 91.4. The van der Waals surface area contributed by atoms with Gasteiger partial charge in [0.1, 0.15) is 5.69 Å². The lowest BCUT2D eigenvalue weighted by atomic mass is 9.99. The molecule has 0 fully saturated rings. The molecule has 0 aliphatic heterocycles. The van der Waals surface area contributed by atoms with E-state index >= 15 is 0 Å². The van der Waals surface area contributed by atoms with Gasteiger partial charge in [-0.15, -0.1) is 0 Å². The molecule has 11 heteroatoms. The number of halogens is 5. The Hall–Kier alpha value is -2.95. The molecule has 2 aromatic carbocycles. The zero-order valence-electron chi connectivity index (χ0n) is 18.1. The molecule has 0 aliphatic rings. The molecule has 33 heavy (non-hydrogen) atoms. The molecule has 0 aliphatic carbocycles. The normalized spacial score (nSPS) is 13.2. The van der Waals surface area contributed by atoms with Gasteiger partial charge in [-0.2, -0.15) is 13.2 Å². The minimum Gasteiger partial charge on any atom is -0.346 e. The van der Waals surface area contributed by atoms with Crippen molar-refractivity contribution in [2.24, 2.45) is 0 Å². The van der Waals surface area contributed by atoms with Crippen molar-refractivity contribution in [3.05, 3.63) is 70.3 Å². The SMILES string of the molecule is CCCc1cc(C(F)(F)F)ccc1C=CC(=O)N[C@H](C)c1cc(F)c(NS(C)(=O)=O)c(F)c1. The Morgan fingerprint density at radius 2 is 1.73 bits per heavy atom. The van der Waals surface area contributed by atoms with Crippen LogP contribution in [-0.4, -0.2) is 20.6 Å². The average molecular weight is 490 g/mol. The van der Waals surface area contributed by atoms with E-state index < -0.39 is 51.0 Å². The molecule has 0 spiro atoms. The van der Waals surface area contributed by atoms with E-state index in [9.17, 15) is 35.2 Å². The highest BCUT2D eigenvalue weighted by atomic mass is 32.2. The molecule has 0 radical (unpaired) electrons. The van der Waals surface area contributed by atoms with Crippen molar-refractivity contribution in [3.63, 3.8) is 0 Å². The molecule has 5 nitrogen and oxygen atoms in total. The Morgan fingerprint density at radius 1 is 1.12 bits per heavy atom. The highest BCUT2D eigenvalue weighted by molar-refractivity contribution is 7.92. The number of amides is 1. The summed E-state index contributed by atoms with van der Waals surface area (Å²) in [5, 5.41) is 2.50. The summed E-state index contributed by atoms with van der Waals surface area (Å²) in [7, 11) is -3.90. The van der Waals surface area contributed by atoms with E-state index in [-0.39, 0.29) is 5.56 Å². The molecule has 1 amide bonds. The van der Waals surface area contributed by atoms with Crippen molar-refractivity contribution >= 4 is 27.7 Å². The molecule has 0 saturated heterocycles. The predicted molar refractivity (Wildman–Crippen MR) is 116 cm³/mol. The summed E-state index contributed by atoms with van der Waals surface area (Å²) >= 11 is 0. The van der Waals surface area contributed by atoms with Gasteiger partial charge in [0.2, 0.25) is 15.9 Å². The highest BCUT2D eigenvalue weighted by Crippen LogP contribution is 2.31. The van der Waals surface area contributed by atoms with Gasteiger partial charge in [-0.3, -0.25) is 9.52 Å². The first-order valence-electron chi connectivity index (χ1n) is 9.86. The number of nitrogens with one attached hydrogen (secondary N) is 2. The molecule has 0 unspecified atom stereocenters. The minimum atomic E-state index is -4.48. The molecular formula is C22H23F5N2O3S. The number of hydrogen-bond acceptors (Lipinski definition) is 3. The zero-order valence-corrected chi connectivity index (χ0v) is 18.9. The lowest BCUT2D eigenvalue weighted by Gasteiger charge is -2.15. The van der Waals surface area contributed by atoms with Crippen molar-refractivity contribution < 1.29 is 35.2 Å². The average Bonchev–Trinajstić information content (AvgIpc) is 2.68. The van der Waals surface area contributed by atoms with Gasteiger partial charge in [-0.1, -0.05) is 19.4 Å². The topological polar surface area (TPSA) is 75.3 Å². The second-order valence-corrected chi connectivity index (χ2v) is 9.21. The third-order valence-corrected chi connectivity index (χ3v) is 5.19. The summed E-state index contributed by atoms with van der Waals surface area (Å²) in [6, 6.07) is 4.18. The Labute approximate surface area is 188 Å². The lowest BCUT2D eigenvalue weighted by molar-refractivity contribution is -0.137. The largest absolute Gasteiger partial charge is 0.416 e. The number of anilines is 1.